The second kappa shape index (κ2) is 5.61. The molecule has 122 valence electrons. The van der Waals surface area contributed by atoms with Crippen molar-refractivity contribution in [1.82, 2.24) is 20.0 Å². The molecule has 23 heavy (non-hydrogen) atoms. The molecule has 0 spiro atoms. The number of rotatable bonds is 2. The molecule has 8 heteroatoms. The van der Waals surface area contributed by atoms with Crippen LogP contribution in [0.2, 0.25) is 0 Å². The summed E-state index contributed by atoms with van der Waals surface area (Å²) in [4.78, 5) is 18.2. The van der Waals surface area contributed by atoms with Gasteiger partial charge in [0.1, 0.15) is 15.0 Å². The molecule has 0 aliphatic heterocycles. The van der Waals surface area contributed by atoms with Crippen molar-refractivity contribution < 1.29 is 4.74 Å². The molecule has 0 aromatic carbocycles. The molecular formula is C15H17BrN4O2S. The van der Waals surface area contributed by atoms with E-state index < -0.39 is 5.54 Å². The van der Waals surface area contributed by atoms with Crippen LogP contribution >= 0.6 is 27.3 Å². The molecule has 0 aliphatic carbocycles. The van der Waals surface area contributed by atoms with Crippen LogP contribution in [0.3, 0.4) is 0 Å². The van der Waals surface area contributed by atoms with E-state index in [1.54, 1.807) is 7.11 Å². The van der Waals surface area contributed by atoms with E-state index in [-0.39, 0.29) is 5.56 Å². The fraction of sp³-hybridized carbons (Fsp3) is 0.467. The number of methoxy groups -OCH3 is 1. The van der Waals surface area contributed by atoms with Crippen molar-refractivity contribution in [3.05, 3.63) is 26.1 Å². The van der Waals surface area contributed by atoms with Gasteiger partial charge in [0.05, 0.1) is 17.8 Å². The van der Waals surface area contributed by atoms with E-state index in [9.17, 15) is 4.79 Å². The van der Waals surface area contributed by atoms with Crippen LogP contribution < -0.4 is 5.56 Å². The molecule has 0 bridgehead atoms. The van der Waals surface area contributed by atoms with Gasteiger partial charge in [-0.25, -0.2) is 9.67 Å². The summed E-state index contributed by atoms with van der Waals surface area (Å²) in [6, 6.07) is 0. The third-order valence-electron chi connectivity index (χ3n) is 3.56. The lowest BCUT2D eigenvalue weighted by Crippen LogP contribution is -2.36. The fourth-order valence-electron chi connectivity index (χ4n) is 2.48. The molecule has 0 atom stereocenters. The monoisotopic (exact) mass is 396 g/mol. The van der Waals surface area contributed by atoms with Crippen molar-refractivity contribution in [2.45, 2.75) is 39.8 Å². The molecule has 3 aromatic heterocycles. The Balaban J connectivity index is 2.47. The third-order valence-corrected chi connectivity index (χ3v) is 5.68. The number of nitrogens with zero attached hydrogens (tertiary/aromatic N) is 4. The van der Waals surface area contributed by atoms with Crippen LogP contribution in [0.15, 0.2) is 9.27 Å². The normalized spacial score (nSPS) is 12.4. The zero-order chi connectivity index (χ0) is 16.9. The predicted octanol–water partition coefficient (Wildman–Crippen LogP) is 3.37. The van der Waals surface area contributed by atoms with Gasteiger partial charge < -0.3 is 4.74 Å². The highest BCUT2D eigenvalue weighted by molar-refractivity contribution is 9.10. The average molecular weight is 397 g/mol. The summed E-state index contributed by atoms with van der Waals surface area (Å²) in [7, 11) is 1.64. The number of halogens is 1. The summed E-state index contributed by atoms with van der Waals surface area (Å²) in [5.41, 5.74) is 1.84. The lowest BCUT2D eigenvalue weighted by atomic mass is 10.1. The molecule has 0 radical (unpaired) electrons. The zero-order valence-corrected chi connectivity index (χ0v) is 16.0. The number of thiophene rings is 1. The SMILES string of the molecule is COCc1c(Br)c(C)nc2sc3c(=O)n(C(C)(C)C)nnc3c12. The van der Waals surface area contributed by atoms with E-state index in [1.807, 2.05) is 27.7 Å². The third kappa shape index (κ3) is 2.58. The van der Waals surface area contributed by atoms with E-state index in [0.29, 0.717) is 16.8 Å². The highest BCUT2D eigenvalue weighted by Gasteiger charge is 2.23. The molecule has 0 saturated heterocycles. The van der Waals surface area contributed by atoms with Crippen LogP contribution in [0, 0.1) is 6.92 Å². The lowest BCUT2D eigenvalue weighted by molar-refractivity contribution is 0.185. The van der Waals surface area contributed by atoms with Gasteiger partial charge in [-0.1, -0.05) is 5.21 Å². The van der Waals surface area contributed by atoms with Crippen LogP contribution in [0.5, 0.6) is 0 Å². The van der Waals surface area contributed by atoms with Gasteiger partial charge in [0, 0.05) is 22.5 Å². The first-order chi connectivity index (χ1) is 10.8. The van der Waals surface area contributed by atoms with Crippen LogP contribution in [-0.2, 0) is 16.9 Å². The van der Waals surface area contributed by atoms with Crippen molar-refractivity contribution in [2.75, 3.05) is 7.11 Å². The van der Waals surface area contributed by atoms with Gasteiger partial charge >= 0.3 is 0 Å². The second-order valence-electron chi connectivity index (χ2n) is 6.36. The number of fused-ring (bicyclic) bond motifs is 3. The first kappa shape index (κ1) is 16.5. The van der Waals surface area contributed by atoms with Gasteiger partial charge in [-0.3, -0.25) is 4.79 Å². The van der Waals surface area contributed by atoms with Crippen molar-refractivity contribution in [3.8, 4) is 0 Å². The zero-order valence-electron chi connectivity index (χ0n) is 13.6. The summed E-state index contributed by atoms with van der Waals surface area (Å²) in [5, 5.41) is 9.29. The van der Waals surface area contributed by atoms with E-state index in [0.717, 1.165) is 25.9 Å². The maximum absolute atomic E-state index is 12.8. The standard InChI is InChI=1S/C15H17BrN4O2S/c1-7-10(16)8(6-22-5)9-11-12(23-13(9)17-7)14(21)20(19-18-11)15(2,3)4/h6H2,1-5H3. The van der Waals surface area contributed by atoms with Crippen molar-refractivity contribution in [1.29, 1.82) is 0 Å². The van der Waals surface area contributed by atoms with Gasteiger partial charge in [-0.15, -0.1) is 16.4 Å². The Morgan fingerprint density at radius 2 is 2.04 bits per heavy atom. The fourth-order valence-corrected chi connectivity index (χ4v) is 3.99. The number of hydrogen-bond acceptors (Lipinski definition) is 6. The van der Waals surface area contributed by atoms with Crippen molar-refractivity contribution in [2.24, 2.45) is 0 Å². The van der Waals surface area contributed by atoms with Crippen LogP contribution in [0.1, 0.15) is 32.0 Å². The number of ether oxygens (including phenoxy) is 1. The molecule has 0 aliphatic rings. The summed E-state index contributed by atoms with van der Waals surface area (Å²) in [6.07, 6.45) is 0. The Kier molecular flexibility index (Phi) is 4.02. The minimum Gasteiger partial charge on any atom is -0.380 e. The molecule has 0 saturated carbocycles. The smallest absolute Gasteiger partial charge is 0.288 e. The van der Waals surface area contributed by atoms with Crippen molar-refractivity contribution >= 4 is 47.7 Å². The molecule has 0 unspecified atom stereocenters. The summed E-state index contributed by atoms with van der Waals surface area (Å²) >= 11 is 4.93. The summed E-state index contributed by atoms with van der Waals surface area (Å²) < 4.78 is 8.19. The Morgan fingerprint density at radius 1 is 1.35 bits per heavy atom. The predicted molar refractivity (Wildman–Crippen MR) is 95.1 cm³/mol. The minimum absolute atomic E-state index is 0.136. The molecular weight excluding hydrogens is 380 g/mol. The molecule has 3 aromatic rings. The molecule has 0 amide bonds. The van der Waals surface area contributed by atoms with Gasteiger partial charge in [0.15, 0.2) is 0 Å². The van der Waals surface area contributed by atoms with Crippen LogP contribution in [0.4, 0.5) is 0 Å². The van der Waals surface area contributed by atoms with Gasteiger partial charge in [0.25, 0.3) is 5.56 Å². The highest BCUT2D eigenvalue weighted by Crippen LogP contribution is 2.36. The Hall–Kier alpha value is -1.38. The number of aromatic nitrogens is 4. The molecule has 3 rings (SSSR count). The highest BCUT2D eigenvalue weighted by atomic mass is 79.9. The summed E-state index contributed by atoms with van der Waals surface area (Å²) in [5.74, 6) is 0. The first-order valence-corrected chi connectivity index (χ1v) is 8.73. The van der Waals surface area contributed by atoms with Crippen molar-refractivity contribution in [3.63, 3.8) is 0 Å². The molecule has 0 N–H and O–H groups in total. The molecule has 3 heterocycles. The Bertz CT molecular complexity index is 972. The minimum atomic E-state index is -0.423. The average Bonchev–Trinajstić information content (AvgIpc) is 2.82. The van der Waals surface area contributed by atoms with Gasteiger partial charge in [-0.2, -0.15) is 0 Å². The second-order valence-corrected chi connectivity index (χ2v) is 8.15. The summed E-state index contributed by atoms with van der Waals surface area (Å²) in [6.45, 7) is 8.12. The molecule has 0 fully saturated rings. The quantitative estimate of drug-likeness (QED) is 0.663. The van der Waals surface area contributed by atoms with Crippen LogP contribution in [-0.4, -0.2) is 27.1 Å². The van der Waals surface area contributed by atoms with Crippen LogP contribution in [0.25, 0.3) is 20.4 Å². The first-order valence-electron chi connectivity index (χ1n) is 7.12. The van der Waals surface area contributed by atoms with E-state index in [1.165, 1.54) is 16.0 Å². The largest absolute Gasteiger partial charge is 0.380 e. The van der Waals surface area contributed by atoms with E-state index >= 15 is 0 Å². The van der Waals surface area contributed by atoms with E-state index in [4.69, 9.17) is 4.74 Å². The number of hydrogen-bond donors (Lipinski definition) is 0. The Morgan fingerprint density at radius 3 is 2.65 bits per heavy atom. The maximum Gasteiger partial charge on any atom is 0.288 e. The number of aryl methyl sites for hydroxylation is 1. The van der Waals surface area contributed by atoms with E-state index in [2.05, 4.69) is 31.2 Å². The lowest BCUT2D eigenvalue weighted by Gasteiger charge is -2.18. The van der Waals surface area contributed by atoms with Gasteiger partial charge in [-0.05, 0) is 43.6 Å². The molecule has 6 nitrogen and oxygen atoms in total. The topological polar surface area (TPSA) is 69.9 Å². The van der Waals surface area contributed by atoms with Gasteiger partial charge in [0.2, 0.25) is 0 Å². The maximum atomic E-state index is 12.8. The Labute approximate surface area is 145 Å². The number of pyridine rings is 1.